The van der Waals surface area contributed by atoms with Crippen molar-refractivity contribution in [3.05, 3.63) is 77.2 Å². The lowest BCUT2D eigenvalue weighted by Crippen LogP contribution is -2.14. The highest BCUT2D eigenvalue weighted by atomic mass is 35.5. The van der Waals surface area contributed by atoms with Crippen LogP contribution in [-0.4, -0.2) is 15.9 Å². The maximum absolute atomic E-state index is 12.3. The van der Waals surface area contributed by atoms with E-state index >= 15 is 0 Å². The number of nitriles is 1. The molecule has 2 aromatic carbocycles. The molecule has 1 aromatic heterocycles. The first kappa shape index (κ1) is 16.4. The summed E-state index contributed by atoms with van der Waals surface area (Å²) >= 11 is 6.04. The topological polar surface area (TPSA) is 90.7 Å². The molecule has 1 heterocycles. The molecule has 0 aliphatic carbocycles. The fraction of sp³-hybridized carbons (Fsp3) is 0. The number of hydrogen-bond donors (Lipinski definition) is 2. The molecule has 3 aromatic rings. The molecule has 0 aliphatic heterocycles. The molecule has 1 amide bonds. The third kappa shape index (κ3) is 4.10. The molecule has 0 bridgehead atoms. The van der Waals surface area contributed by atoms with Gasteiger partial charge in [-0.1, -0.05) is 23.7 Å². The van der Waals surface area contributed by atoms with Crippen molar-refractivity contribution >= 4 is 34.7 Å². The summed E-state index contributed by atoms with van der Waals surface area (Å²) in [5.74, 6) is 0.0717. The number of halogens is 1. The molecular formula is C18H12ClN5O. The van der Waals surface area contributed by atoms with Crippen LogP contribution in [0.15, 0.2) is 60.9 Å². The smallest absolute Gasteiger partial charge is 0.274 e. The Bertz CT molecular complexity index is 950. The van der Waals surface area contributed by atoms with Gasteiger partial charge in [-0.2, -0.15) is 5.26 Å². The molecule has 0 atom stereocenters. The van der Waals surface area contributed by atoms with E-state index in [2.05, 4.69) is 26.7 Å². The van der Waals surface area contributed by atoms with Crippen molar-refractivity contribution in [3.8, 4) is 6.07 Å². The number of carbonyl (C=O) groups excluding carboxylic acids is 1. The van der Waals surface area contributed by atoms with E-state index in [1.54, 1.807) is 48.5 Å². The van der Waals surface area contributed by atoms with Crippen molar-refractivity contribution < 1.29 is 4.79 Å². The van der Waals surface area contributed by atoms with E-state index in [1.807, 2.05) is 0 Å². The normalized spacial score (nSPS) is 9.92. The molecule has 0 aliphatic rings. The van der Waals surface area contributed by atoms with Crippen LogP contribution in [0.3, 0.4) is 0 Å². The van der Waals surface area contributed by atoms with Gasteiger partial charge in [0.15, 0.2) is 0 Å². The predicted octanol–water partition coefficient (Wildman–Crippen LogP) is 4.00. The van der Waals surface area contributed by atoms with Crippen LogP contribution in [0.1, 0.15) is 16.1 Å². The van der Waals surface area contributed by atoms with Gasteiger partial charge in [-0.15, -0.1) is 0 Å². The van der Waals surface area contributed by atoms with Crippen molar-refractivity contribution in [1.29, 1.82) is 5.26 Å². The lowest BCUT2D eigenvalue weighted by molar-refractivity contribution is 0.102. The van der Waals surface area contributed by atoms with Gasteiger partial charge < -0.3 is 10.6 Å². The molecule has 6 nitrogen and oxygen atoms in total. The van der Waals surface area contributed by atoms with Gasteiger partial charge in [0.25, 0.3) is 5.91 Å². The molecule has 2 N–H and O–H groups in total. The molecule has 3 rings (SSSR count). The van der Waals surface area contributed by atoms with Gasteiger partial charge in [-0.05, 0) is 36.4 Å². The number of amides is 1. The number of para-hydroxylation sites is 1. The zero-order chi connectivity index (χ0) is 17.6. The van der Waals surface area contributed by atoms with E-state index in [-0.39, 0.29) is 5.69 Å². The van der Waals surface area contributed by atoms with E-state index in [0.717, 1.165) is 5.69 Å². The van der Waals surface area contributed by atoms with Crippen LogP contribution in [0.4, 0.5) is 17.2 Å². The Kier molecular flexibility index (Phi) is 4.88. The average molecular weight is 350 g/mol. The van der Waals surface area contributed by atoms with Gasteiger partial charge in [-0.3, -0.25) is 4.79 Å². The van der Waals surface area contributed by atoms with Crippen molar-refractivity contribution in [2.24, 2.45) is 0 Å². The first-order valence-electron chi connectivity index (χ1n) is 7.31. The summed E-state index contributed by atoms with van der Waals surface area (Å²) < 4.78 is 0. The van der Waals surface area contributed by atoms with Gasteiger partial charge in [0.05, 0.1) is 22.3 Å². The number of aromatic nitrogens is 2. The predicted molar refractivity (Wildman–Crippen MR) is 95.9 cm³/mol. The fourth-order valence-electron chi connectivity index (χ4n) is 2.07. The quantitative estimate of drug-likeness (QED) is 0.743. The van der Waals surface area contributed by atoms with Gasteiger partial charge in [-0.25, -0.2) is 9.97 Å². The summed E-state index contributed by atoms with van der Waals surface area (Å²) in [6.07, 6.45) is 1.30. The second-order valence-electron chi connectivity index (χ2n) is 5.04. The van der Waals surface area contributed by atoms with E-state index in [4.69, 9.17) is 16.9 Å². The number of nitrogens with zero attached hydrogens (tertiary/aromatic N) is 3. The molecule has 0 saturated heterocycles. The summed E-state index contributed by atoms with van der Waals surface area (Å²) in [4.78, 5) is 20.4. The van der Waals surface area contributed by atoms with Gasteiger partial charge in [0, 0.05) is 11.8 Å². The van der Waals surface area contributed by atoms with Crippen LogP contribution in [0.5, 0.6) is 0 Å². The summed E-state index contributed by atoms with van der Waals surface area (Å²) in [6, 6.07) is 17.4. The van der Waals surface area contributed by atoms with E-state index in [0.29, 0.717) is 22.1 Å². The van der Waals surface area contributed by atoms with Gasteiger partial charge in [0.2, 0.25) is 0 Å². The molecule has 122 valence electrons. The number of anilines is 3. The Hall–Kier alpha value is -3.43. The summed E-state index contributed by atoms with van der Waals surface area (Å²) in [6.45, 7) is 0. The molecule has 0 fully saturated rings. The zero-order valence-electron chi connectivity index (χ0n) is 12.9. The minimum Gasteiger partial charge on any atom is -0.340 e. The number of carbonyl (C=O) groups is 1. The van der Waals surface area contributed by atoms with Gasteiger partial charge >= 0.3 is 0 Å². The Labute approximate surface area is 149 Å². The van der Waals surface area contributed by atoms with E-state index in [9.17, 15) is 4.79 Å². The molecule has 7 heteroatoms. The number of nitrogens with one attached hydrogen (secondary N) is 2. The van der Waals surface area contributed by atoms with Crippen molar-refractivity contribution in [3.63, 3.8) is 0 Å². The molecule has 25 heavy (non-hydrogen) atoms. The fourth-order valence-corrected chi connectivity index (χ4v) is 2.26. The first-order chi connectivity index (χ1) is 12.2. The molecule has 0 radical (unpaired) electrons. The zero-order valence-corrected chi connectivity index (χ0v) is 13.7. The highest BCUT2D eigenvalue weighted by Gasteiger charge is 2.11. The van der Waals surface area contributed by atoms with Crippen molar-refractivity contribution in [2.75, 3.05) is 10.6 Å². The maximum atomic E-state index is 12.3. The Morgan fingerprint density at radius 2 is 1.84 bits per heavy atom. The minimum absolute atomic E-state index is 0.200. The molecule has 0 saturated carbocycles. The van der Waals surface area contributed by atoms with Gasteiger partial charge in [0.1, 0.15) is 17.8 Å². The highest BCUT2D eigenvalue weighted by molar-refractivity contribution is 6.33. The van der Waals surface area contributed by atoms with Crippen LogP contribution in [0.25, 0.3) is 0 Å². The second kappa shape index (κ2) is 7.43. The summed E-state index contributed by atoms with van der Waals surface area (Å²) in [7, 11) is 0. The molecule has 0 spiro atoms. The largest absolute Gasteiger partial charge is 0.340 e. The van der Waals surface area contributed by atoms with Crippen LogP contribution in [0, 0.1) is 11.3 Å². The monoisotopic (exact) mass is 349 g/mol. The number of rotatable bonds is 4. The summed E-state index contributed by atoms with van der Waals surface area (Å²) in [5, 5.41) is 15.0. The Morgan fingerprint density at radius 3 is 2.56 bits per heavy atom. The maximum Gasteiger partial charge on any atom is 0.274 e. The average Bonchev–Trinajstić information content (AvgIpc) is 2.64. The first-order valence-corrected chi connectivity index (χ1v) is 7.68. The third-order valence-corrected chi connectivity index (χ3v) is 3.64. The summed E-state index contributed by atoms with van der Waals surface area (Å²) in [5.41, 5.74) is 2.02. The standard InChI is InChI=1S/C18H12ClN5O/c19-14-3-1-2-4-15(14)24-18(25)16-9-17(22-11-21-16)23-13-7-5-12(10-20)6-8-13/h1-9,11H,(H,24,25)(H,21,22,23). The number of benzene rings is 2. The Balaban J connectivity index is 1.75. The van der Waals surface area contributed by atoms with Crippen molar-refractivity contribution in [1.82, 2.24) is 9.97 Å². The number of hydrogen-bond acceptors (Lipinski definition) is 5. The second-order valence-corrected chi connectivity index (χ2v) is 5.44. The lowest BCUT2D eigenvalue weighted by atomic mass is 10.2. The van der Waals surface area contributed by atoms with Crippen molar-refractivity contribution in [2.45, 2.75) is 0 Å². The van der Waals surface area contributed by atoms with Crippen LogP contribution in [-0.2, 0) is 0 Å². The SMILES string of the molecule is N#Cc1ccc(Nc2cc(C(=O)Nc3ccccc3Cl)ncn2)cc1. The highest BCUT2D eigenvalue weighted by Crippen LogP contribution is 2.21. The van der Waals surface area contributed by atoms with Crippen LogP contribution >= 0.6 is 11.6 Å². The Morgan fingerprint density at radius 1 is 1.08 bits per heavy atom. The molecular weight excluding hydrogens is 338 g/mol. The van der Waals surface area contributed by atoms with Crippen LogP contribution < -0.4 is 10.6 Å². The van der Waals surface area contributed by atoms with E-state index < -0.39 is 5.91 Å². The molecule has 0 unspecified atom stereocenters. The van der Waals surface area contributed by atoms with Crippen LogP contribution in [0.2, 0.25) is 5.02 Å². The lowest BCUT2D eigenvalue weighted by Gasteiger charge is -2.08. The van der Waals surface area contributed by atoms with E-state index in [1.165, 1.54) is 12.4 Å². The third-order valence-electron chi connectivity index (χ3n) is 3.31. The minimum atomic E-state index is -0.390.